The van der Waals surface area contributed by atoms with Crippen molar-refractivity contribution in [2.45, 2.75) is 50.8 Å². The summed E-state index contributed by atoms with van der Waals surface area (Å²) < 4.78 is 0. The Balaban J connectivity index is 1.75. The van der Waals surface area contributed by atoms with Crippen LogP contribution in [0.3, 0.4) is 0 Å². The highest BCUT2D eigenvalue weighted by atomic mass is 32.2. The van der Waals surface area contributed by atoms with E-state index in [-0.39, 0.29) is 0 Å². The van der Waals surface area contributed by atoms with Gasteiger partial charge >= 0.3 is 0 Å². The van der Waals surface area contributed by atoms with E-state index in [4.69, 9.17) is 4.98 Å². The van der Waals surface area contributed by atoms with Gasteiger partial charge < -0.3 is 10.2 Å². The Bertz CT molecular complexity index is 442. The van der Waals surface area contributed by atoms with E-state index in [2.05, 4.69) is 35.8 Å². The van der Waals surface area contributed by atoms with Crippen LogP contribution >= 0.6 is 23.1 Å². The molecule has 1 aromatic rings. The molecule has 0 bridgehead atoms. The van der Waals surface area contributed by atoms with Crippen LogP contribution in [0.4, 0.5) is 5.13 Å². The maximum atomic E-state index is 5.01. The predicted molar refractivity (Wildman–Crippen MR) is 90.2 cm³/mol. The second-order valence-corrected chi connectivity index (χ2v) is 8.18. The molecule has 112 valence electrons. The lowest BCUT2D eigenvalue weighted by Gasteiger charge is -2.31. The number of rotatable bonds is 6. The zero-order chi connectivity index (χ0) is 13.9. The van der Waals surface area contributed by atoms with E-state index in [0.29, 0.717) is 0 Å². The number of thiazole rings is 1. The number of anilines is 1. The number of hydrogen-bond acceptors (Lipinski definition) is 5. The Kier molecular flexibility index (Phi) is 4.89. The maximum Gasteiger partial charge on any atom is 0.185 e. The molecule has 0 spiro atoms. The van der Waals surface area contributed by atoms with Crippen LogP contribution in [0.25, 0.3) is 0 Å². The quantitative estimate of drug-likeness (QED) is 0.871. The highest BCUT2D eigenvalue weighted by Crippen LogP contribution is 2.44. The molecule has 2 aliphatic rings. The van der Waals surface area contributed by atoms with Gasteiger partial charge in [0.05, 0.1) is 5.69 Å². The lowest BCUT2D eigenvalue weighted by Crippen LogP contribution is -2.37. The minimum absolute atomic E-state index is 0.759. The summed E-state index contributed by atoms with van der Waals surface area (Å²) in [6.07, 6.45) is 3.96. The van der Waals surface area contributed by atoms with Crippen molar-refractivity contribution in [3.05, 3.63) is 10.6 Å². The fourth-order valence-corrected chi connectivity index (χ4v) is 5.00. The molecule has 1 aliphatic carbocycles. The van der Waals surface area contributed by atoms with Crippen molar-refractivity contribution in [2.75, 3.05) is 30.3 Å². The summed E-state index contributed by atoms with van der Waals surface area (Å²) in [5, 5.41) is 5.53. The monoisotopic (exact) mass is 311 g/mol. The second-order valence-electron chi connectivity index (χ2n) is 5.71. The number of thioether (sulfide) groups is 1. The molecule has 2 heterocycles. The van der Waals surface area contributed by atoms with E-state index in [9.17, 15) is 0 Å². The first-order valence-electron chi connectivity index (χ1n) is 7.88. The molecular weight excluding hydrogens is 286 g/mol. The SMILES string of the molecule is CCNCc1sc(N2CCSC(CC)C2)nc1C1CC1. The largest absolute Gasteiger partial charge is 0.346 e. The molecule has 0 radical (unpaired) electrons. The summed E-state index contributed by atoms with van der Waals surface area (Å²) >= 11 is 4.06. The Hall–Kier alpha value is -0.260. The fourth-order valence-electron chi connectivity index (χ4n) is 2.67. The second kappa shape index (κ2) is 6.67. The van der Waals surface area contributed by atoms with Gasteiger partial charge in [-0.1, -0.05) is 13.8 Å². The number of nitrogens with zero attached hydrogens (tertiary/aromatic N) is 2. The molecule has 1 aliphatic heterocycles. The molecule has 1 unspecified atom stereocenters. The van der Waals surface area contributed by atoms with Crippen LogP contribution in [0, 0.1) is 0 Å². The lowest BCUT2D eigenvalue weighted by atomic mass is 10.2. The van der Waals surface area contributed by atoms with Crippen LogP contribution in [0.1, 0.15) is 49.6 Å². The van der Waals surface area contributed by atoms with Gasteiger partial charge in [0.25, 0.3) is 0 Å². The van der Waals surface area contributed by atoms with Crippen molar-refractivity contribution in [3.63, 3.8) is 0 Å². The van der Waals surface area contributed by atoms with Gasteiger partial charge in [-0.15, -0.1) is 11.3 Å². The summed E-state index contributed by atoms with van der Waals surface area (Å²) in [4.78, 5) is 9.02. The molecule has 0 aromatic carbocycles. The van der Waals surface area contributed by atoms with E-state index in [1.165, 1.54) is 53.8 Å². The first-order chi connectivity index (χ1) is 9.81. The summed E-state index contributed by atoms with van der Waals surface area (Å²) in [6, 6.07) is 0. The van der Waals surface area contributed by atoms with Crippen molar-refractivity contribution in [1.29, 1.82) is 0 Å². The third kappa shape index (κ3) is 3.31. The van der Waals surface area contributed by atoms with E-state index >= 15 is 0 Å². The molecule has 1 atom stereocenters. The minimum atomic E-state index is 0.759. The van der Waals surface area contributed by atoms with Crippen LogP contribution in [-0.4, -0.2) is 35.6 Å². The molecule has 3 rings (SSSR count). The lowest BCUT2D eigenvalue weighted by molar-refractivity contribution is 0.720. The van der Waals surface area contributed by atoms with Gasteiger partial charge in [0, 0.05) is 41.4 Å². The third-order valence-electron chi connectivity index (χ3n) is 4.08. The zero-order valence-electron chi connectivity index (χ0n) is 12.5. The highest BCUT2D eigenvalue weighted by molar-refractivity contribution is 8.00. The van der Waals surface area contributed by atoms with Crippen LogP contribution in [0.5, 0.6) is 0 Å². The van der Waals surface area contributed by atoms with Crippen LogP contribution in [-0.2, 0) is 6.54 Å². The smallest absolute Gasteiger partial charge is 0.185 e. The molecule has 20 heavy (non-hydrogen) atoms. The van der Waals surface area contributed by atoms with Crippen molar-refractivity contribution in [3.8, 4) is 0 Å². The molecule has 3 nitrogen and oxygen atoms in total. The molecular formula is C15H25N3S2. The molecule has 0 amide bonds. The first kappa shape index (κ1) is 14.7. The van der Waals surface area contributed by atoms with Crippen LogP contribution in [0.15, 0.2) is 0 Å². The normalized spacial score (nSPS) is 23.3. The van der Waals surface area contributed by atoms with Crippen LogP contribution < -0.4 is 10.2 Å². The predicted octanol–water partition coefficient (Wildman–Crippen LogP) is 3.46. The molecule has 1 aromatic heterocycles. The van der Waals surface area contributed by atoms with Crippen molar-refractivity contribution in [2.24, 2.45) is 0 Å². The molecule has 1 saturated carbocycles. The Labute approximate surface area is 130 Å². The third-order valence-corrected chi connectivity index (χ3v) is 6.58. The van der Waals surface area contributed by atoms with Gasteiger partial charge in [0.2, 0.25) is 0 Å². The first-order valence-corrected chi connectivity index (χ1v) is 9.75. The van der Waals surface area contributed by atoms with E-state index in [0.717, 1.165) is 24.3 Å². The van der Waals surface area contributed by atoms with Gasteiger partial charge in [-0.05, 0) is 25.8 Å². The average Bonchev–Trinajstić information content (AvgIpc) is 3.25. The van der Waals surface area contributed by atoms with Gasteiger partial charge in [-0.3, -0.25) is 0 Å². The van der Waals surface area contributed by atoms with E-state index in [1.807, 2.05) is 11.3 Å². The number of aromatic nitrogens is 1. The average molecular weight is 312 g/mol. The number of hydrogen-bond donors (Lipinski definition) is 1. The van der Waals surface area contributed by atoms with Crippen molar-refractivity contribution >= 4 is 28.2 Å². The van der Waals surface area contributed by atoms with Gasteiger partial charge in [0.1, 0.15) is 0 Å². The molecule has 1 saturated heterocycles. The van der Waals surface area contributed by atoms with Crippen molar-refractivity contribution < 1.29 is 0 Å². The minimum Gasteiger partial charge on any atom is -0.346 e. The molecule has 1 N–H and O–H groups in total. The topological polar surface area (TPSA) is 28.2 Å². The number of nitrogens with one attached hydrogen (secondary N) is 1. The van der Waals surface area contributed by atoms with Crippen molar-refractivity contribution in [1.82, 2.24) is 10.3 Å². The fraction of sp³-hybridized carbons (Fsp3) is 0.800. The van der Waals surface area contributed by atoms with Gasteiger partial charge in [0.15, 0.2) is 5.13 Å². The Morgan fingerprint density at radius 2 is 2.20 bits per heavy atom. The standard InChI is InChI=1S/C15H25N3S2/c1-3-12-10-18(7-8-19-12)15-17-14(11-5-6-11)13(20-15)9-16-4-2/h11-12,16H,3-10H2,1-2H3. The molecule has 5 heteroatoms. The summed E-state index contributed by atoms with van der Waals surface area (Å²) in [6.45, 7) is 8.86. The zero-order valence-corrected chi connectivity index (χ0v) is 14.2. The summed E-state index contributed by atoms with van der Waals surface area (Å²) in [5.74, 6) is 2.01. The molecule has 2 fully saturated rings. The summed E-state index contributed by atoms with van der Waals surface area (Å²) in [7, 11) is 0. The summed E-state index contributed by atoms with van der Waals surface area (Å²) in [5.41, 5.74) is 1.40. The van der Waals surface area contributed by atoms with Gasteiger partial charge in [-0.25, -0.2) is 4.98 Å². The maximum absolute atomic E-state index is 5.01. The van der Waals surface area contributed by atoms with Gasteiger partial charge in [-0.2, -0.15) is 11.8 Å². The van der Waals surface area contributed by atoms with E-state index < -0.39 is 0 Å². The van der Waals surface area contributed by atoms with E-state index in [1.54, 1.807) is 0 Å². The Morgan fingerprint density at radius 1 is 1.35 bits per heavy atom. The highest BCUT2D eigenvalue weighted by Gasteiger charge is 2.31. The Morgan fingerprint density at radius 3 is 2.90 bits per heavy atom. The van der Waals surface area contributed by atoms with Crippen LogP contribution in [0.2, 0.25) is 0 Å².